The Morgan fingerprint density at radius 2 is 1.26 bits per heavy atom. The number of aliphatic hydroxyl groups is 2. The van der Waals surface area contributed by atoms with Crippen LogP contribution >= 0.6 is 0 Å². The van der Waals surface area contributed by atoms with Crippen LogP contribution in [-0.2, 0) is 22.4 Å². The fourth-order valence-electron chi connectivity index (χ4n) is 3.62. The highest BCUT2D eigenvalue weighted by Gasteiger charge is 2.15. The van der Waals surface area contributed by atoms with Crippen LogP contribution in [0, 0.1) is 0 Å². The van der Waals surface area contributed by atoms with Gasteiger partial charge in [0.15, 0.2) is 0 Å². The van der Waals surface area contributed by atoms with Crippen molar-refractivity contribution in [3.8, 4) is 11.5 Å². The first-order chi connectivity index (χ1) is 17.0. The predicted octanol–water partition coefficient (Wildman–Crippen LogP) is 4.23. The summed E-state index contributed by atoms with van der Waals surface area (Å²) in [5, 5.41) is 21.2. The zero-order valence-electron chi connectivity index (χ0n) is 19.9. The molecule has 3 aromatic carbocycles. The molecule has 0 amide bonds. The molecule has 6 nitrogen and oxygen atoms in total. The molecule has 2 unspecified atom stereocenters. The van der Waals surface area contributed by atoms with Crippen LogP contribution in [0.15, 0.2) is 84.9 Å². The van der Waals surface area contributed by atoms with Crippen LogP contribution < -0.4 is 9.47 Å². The average molecular weight is 477 g/mol. The minimum atomic E-state index is -0.758. The summed E-state index contributed by atoms with van der Waals surface area (Å²) < 4.78 is 16.4. The minimum absolute atomic E-state index is 0.128. The topological polar surface area (TPSA) is 85.2 Å². The van der Waals surface area contributed by atoms with Crippen LogP contribution in [-0.4, -0.2) is 48.2 Å². The van der Waals surface area contributed by atoms with Crippen LogP contribution in [0.4, 0.5) is 0 Å². The molecule has 0 bridgehead atoms. The van der Waals surface area contributed by atoms with E-state index < -0.39 is 18.2 Å². The Morgan fingerprint density at radius 1 is 0.771 bits per heavy atom. The Kier molecular flexibility index (Phi) is 10.4. The molecule has 0 aliphatic rings. The molecule has 0 heterocycles. The number of hydrogen-bond donors (Lipinski definition) is 2. The predicted molar refractivity (Wildman–Crippen MR) is 135 cm³/mol. The number of aliphatic hydroxyl groups excluding tert-OH is 2. The normalized spacial score (nSPS) is 12.8. The van der Waals surface area contributed by atoms with Crippen molar-refractivity contribution in [2.75, 3.05) is 19.8 Å². The van der Waals surface area contributed by atoms with E-state index in [1.807, 2.05) is 78.9 Å². The van der Waals surface area contributed by atoms with Gasteiger partial charge in [-0.3, -0.25) is 0 Å². The maximum absolute atomic E-state index is 12.0. The standard InChI is InChI=1S/C29H32O6/c1-2-33-29(32)17-16-28-22(18-24(30)20-34-26-12-5-3-6-13-26)10-9-11-23(28)19-25(31)21-35-27-14-7-4-8-15-27/h3-17,24-25,30-31H,2,18-21H2,1H3/b17-16+. The summed E-state index contributed by atoms with van der Waals surface area (Å²) in [6, 6.07) is 24.3. The van der Waals surface area contributed by atoms with E-state index in [4.69, 9.17) is 14.2 Å². The molecule has 2 N–H and O–H groups in total. The fourth-order valence-corrected chi connectivity index (χ4v) is 3.62. The molecule has 3 rings (SSSR count). The van der Waals surface area contributed by atoms with Crippen LogP contribution in [0.3, 0.4) is 0 Å². The third-order valence-electron chi connectivity index (χ3n) is 5.24. The summed E-state index contributed by atoms with van der Waals surface area (Å²) in [6.45, 7) is 2.28. The van der Waals surface area contributed by atoms with Gasteiger partial charge in [-0.15, -0.1) is 0 Å². The van der Waals surface area contributed by atoms with Gasteiger partial charge in [0.05, 0.1) is 18.8 Å². The molecule has 3 aromatic rings. The lowest BCUT2D eigenvalue weighted by Crippen LogP contribution is -2.22. The summed E-state index contributed by atoms with van der Waals surface area (Å²) in [7, 11) is 0. The van der Waals surface area contributed by atoms with Gasteiger partial charge >= 0.3 is 5.97 Å². The zero-order valence-corrected chi connectivity index (χ0v) is 19.9. The van der Waals surface area contributed by atoms with Crippen LogP contribution in [0.25, 0.3) is 6.08 Å². The van der Waals surface area contributed by atoms with E-state index in [2.05, 4.69) is 0 Å². The van der Waals surface area contributed by atoms with Crippen molar-refractivity contribution in [2.24, 2.45) is 0 Å². The fraction of sp³-hybridized carbons (Fsp3) is 0.276. The first-order valence-electron chi connectivity index (χ1n) is 11.7. The van der Waals surface area contributed by atoms with Crippen molar-refractivity contribution in [1.82, 2.24) is 0 Å². The second kappa shape index (κ2) is 13.9. The van der Waals surface area contributed by atoms with E-state index in [9.17, 15) is 15.0 Å². The first kappa shape index (κ1) is 26.0. The highest BCUT2D eigenvalue weighted by Crippen LogP contribution is 2.22. The Balaban J connectivity index is 1.72. The largest absolute Gasteiger partial charge is 0.491 e. The Morgan fingerprint density at radius 3 is 1.71 bits per heavy atom. The van der Waals surface area contributed by atoms with Gasteiger partial charge in [-0.2, -0.15) is 0 Å². The maximum Gasteiger partial charge on any atom is 0.330 e. The molecule has 184 valence electrons. The van der Waals surface area contributed by atoms with Gasteiger partial charge in [-0.05, 0) is 54.0 Å². The van der Waals surface area contributed by atoms with E-state index >= 15 is 0 Å². The smallest absolute Gasteiger partial charge is 0.330 e. The number of esters is 1. The molecule has 0 spiro atoms. The monoisotopic (exact) mass is 476 g/mol. The van der Waals surface area contributed by atoms with E-state index in [1.165, 1.54) is 6.08 Å². The van der Waals surface area contributed by atoms with Gasteiger partial charge in [0.25, 0.3) is 0 Å². The van der Waals surface area contributed by atoms with Gasteiger partial charge in [0, 0.05) is 18.9 Å². The molecule has 35 heavy (non-hydrogen) atoms. The molecular weight excluding hydrogens is 444 g/mol. The SMILES string of the molecule is CCOC(=O)/C=C/c1c(CC(O)COc2ccccc2)cccc1CC(O)COc1ccccc1. The van der Waals surface area contributed by atoms with Gasteiger partial charge < -0.3 is 24.4 Å². The van der Waals surface area contributed by atoms with E-state index in [0.29, 0.717) is 24.3 Å². The van der Waals surface area contributed by atoms with E-state index in [-0.39, 0.29) is 19.8 Å². The number of carbonyl (C=O) groups is 1. The number of carbonyl (C=O) groups excluding carboxylic acids is 1. The Labute approximate surface area is 206 Å². The lowest BCUT2D eigenvalue weighted by atomic mass is 9.93. The second-order valence-electron chi connectivity index (χ2n) is 8.04. The summed E-state index contributed by atoms with van der Waals surface area (Å²) in [5.41, 5.74) is 2.44. The number of rotatable bonds is 13. The van der Waals surface area contributed by atoms with Gasteiger partial charge in [-0.25, -0.2) is 4.79 Å². The van der Waals surface area contributed by atoms with Crippen molar-refractivity contribution < 1.29 is 29.2 Å². The molecule has 0 aliphatic heterocycles. The first-order valence-corrected chi connectivity index (χ1v) is 11.7. The highest BCUT2D eigenvalue weighted by atomic mass is 16.5. The second-order valence-corrected chi connectivity index (χ2v) is 8.04. The number of hydrogen-bond acceptors (Lipinski definition) is 6. The summed E-state index contributed by atoms with van der Waals surface area (Å²) in [4.78, 5) is 12.0. The Bertz CT molecular complexity index is 995. The molecule has 0 saturated carbocycles. The molecule has 0 fully saturated rings. The minimum Gasteiger partial charge on any atom is -0.491 e. The van der Waals surface area contributed by atoms with Crippen molar-refractivity contribution in [3.63, 3.8) is 0 Å². The number of benzene rings is 3. The van der Waals surface area contributed by atoms with E-state index in [1.54, 1.807) is 13.0 Å². The van der Waals surface area contributed by atoms with Crippen molar-refractivity contribution in [1.29, 1.82) is 0 Å². The number of ether oxygens (including phenoxy) is 3. The summed E-state index contributed by atoms with van der Waals surface area (Å²) in [5.74, 6) is 0.919. The molecule has 6 heteroatoms. The van der Waals surface area contributed by atoms with Crippen LogP contribution in [0.1, 0.15) is 23.6 Å². The average Bonchev–Trinajstić information content (AvgIpc) is 2.87. The van der Waals surface area contributed by atoms with Gasteiger partial charge in [0.1, 0.15) is 24.7 Å². The third kappa shape index (κ3) is 8.92. The Hall–Kier alpha value is -3.61. The van der Waals surface area contributed by atoms with Gasteiger partial charge in [0.2, 0.25) is 0 Å². The van der Waals surface area contributed by atoms with Gasteiger partial charge in [-0.1, -0.05) is 54.6 Å². The third-order valence-corrected chi connectivity index (χ3v) is 5.24. The highest BCUT2D eigenvalue weighted by molar-refractivity contribution is 5.87. The molecule has 2 atom stereocenters. The maximum atomic E-state index is 12.0. The van der Waals surface area contributed by atoms with E-state index in [0.717, 1.165) is 16.7 Å². The molecule has 0 radical (unpaired) electrons. The summed E-state index contributed by atoms with van der Waals surface area (Å²) >= 11 is 0. The van der Waals surface area contributed by atoms with Crippen molar-refractivity contribution in [2.45, 2.75) is 32.0 Å². The van der Waals surface area contributed by atoms with Crippen LogP contribution in [0.5, 0.6) is 11.5 Å². The molecule has 0 aliphatic carbocycles. The lowest BCUT2D eigenvalue weighted by Gasteiger charge is -2.18. The molecule has 0 aromatic heterocycles. The van der Waals surface area contributed by atoms with Crippen LogP contribution in [0.2, 0.25) is 0 Å². The lowest BCUT2D eigenvalue weighted by molar-refractivity contribution is -0.137. The quantitative estimate of drug-likeness (QED) is 0.284. The molecular formula is C29H32O6. The molecule has 0 saturated heterocycles. The number of para-hydroxylation sites is 2. The van der Waals surface area contributed by atoms with Crippen molar-refractivity contribution >= 4 is 12.0 Å². The zero-order chi connectivity index (χ0) is 24.9. The summed E-state index contributed by atoms with van der Waals surface area (Å²) in [6.07, 6.45) is 2.17. The van der Waals surface area contributed by atoms with Crippen molar-refractivity contribution in [3.05, 3.63) is 102 Å².